The van der Waals surface area contributed by atoms with E-state index in [0.29, 0.717) is 17.7 Å². The second-order valence-electron chi connectivity index (χ2n) is 7.81. The van der Waals surface area contributed by atoms with Crippen LogP contribution in [0.25, 0.3) is 0 Å². The fourth-order valence-corrected chi connectivity index (χ4v) is 4.27. The van der Waals surface area contributed by atoms with Crippen LogP contribution >= 0.6 is 0 Å². The van der Waals surface area contributed by atoms with Gasteiger partial charge in [-0.05, 0) is 66.6 Å². The summed E-state index contributed by atoms with van der Waals surface area (Å²) in [6.07, 6.45) is 0. The molecule has 0 aliphatic rings. The van der Waals surface area contributed by atoms with E-state index in [-0.39, 0.29) is 16.5 Å². The third kappa shape index (κ3) is 5.45. The fraction of sp³-hybridized carbons (Fsp3) is 0.208. The number of nitrogens with one attached hydrogen (secondary N) is 1. The Hall–Kier alpha value is -3.39. The first-order valence-electron chi connectivity index (χ1n) is 9.97. The highest BCUT2D eigenvalue weighted by Gasteiger charge is 2.20. The van der Waals surface area contributed by atoms with Crippen molar-refractivity contribution >= 4 is 27.3 Å². The maximum Gasteiger partial charge on any atom is 0.261 e. The Labute approximate surface area is 188 Å². The lowest BCUT2D eigenvalue weighted by atomic mass is 10.1. The average molecular weight is 456 g/mol. The monoisotopic (exact) mass is 455 g/mol. The van der Waals surface area contributed by atoms with Crippen LogP contribution in [0.2, 0.25) is 0 Å². The molecule has 0 aromatic heterocycles. The molecule has 1 amide bonds. The molecule has 0 unspecified atom stereocenters. The lowest BCUT2D eigenvalue weighted by Crippen LogP contribution is -2.27. The molecule has 0 aliphatic carbocycles. The number of halogens is 1. The number of carbonyl (C=O) groups excluding carboxylic acids is 1. The smallest absolute Gasteiger partial charge is 0.261 e. The molecular weight excluding hydrogens is 429 g/mol. The highest BCUT2D eigenvalue weighted by Crippen LogP contribution is 2.21. The minimum atomic E-state index is -3.94. The highest BCUT2D eigenvalue weighted by atomic mass is 32.2. The van der Waals surface area contributed by atoms with Crippen molar-refractivity contribution in [3.05, 3.63) is 89.2 Å². The van der Waals surface area contributed by atoms with Gasteiger partial charge in [-0.2, -0.15) is 0 Å². The molecule has 3 aromatic rings. The maximum atomic E-state index is 13.1. The van der Waals surface area contributed by atoms with Crippen molar-refractivity contribution in [2.45, 2.75) is 18.4 Å². The third-order valence-electron chi connectivity index (χ3n) is 5.07. The zero-order valence-electron chi connectivity index (χ0n) is 18.5. The standard InChI is InChI=1S/C24H26FN3O3S/c1-17-5-14-22(32(30,31)26-20-10-8-19(25)9-11-20)15-23(17)24(29)28(4)16-18-6-12-21(13-7-18)27(2)3/h5-15,26H,16H2,1-4H3. The first-order valence-corrected chi connectivity index (χ1v) is 11.5. The third-order valence-corrected chi connectivity index (χ3v) is 6.44. The molecule has 0 aliphatic heterocycles. The molecule has 8 heteroatoms. The Morgan fingerprint density at radius 2 is 1.56 bits per heavy atom. The molecule has 0 fully saturated rings. The van der Waals surface area contributed by atoms with Gasteiger partial charge in [0.05, 0.1) is 4.90 Å². The molecule has 0 saturated heterocycles. The number of nitrogens with zero attached hydrogens (tertiary/aromatic N) is 2. The second-order valence-corrected chi connectivity index (χ2v) is 9.49. The van der Waals surface area contributed by atoms with Crippen LogP contribution in [0, 0.1) is 12.7 Å². The summed E-state index contributed by atoms with van der Waals surface area (Å²) >= 11 is 0. The number of hydrogen-bond acceptors (Lipinski definition) is 4. The first kappa shape index (κ1) is 23.3. The Bertz CT molecular complexity index is 1210. The Morgan fingerprint density at radius 1 is 0.938 bits per heavy atom. The van der Waals surface area contributed by atoms with Gasteiger partial charge in [-0.25, -0.2) is 12.8 Å². The maximum absolute atomic E-state index is 13.1. The number of rotatable bonds is 7. The normalized spacial score (nSPS) is 11.2. The van der Waals surface area contributed by atoms with Gasteiger partial charge < -0.3 is 9.80 Å². The van der Waals surface area contributed by atoms with Gasteiger partial charge in [-0.3, -0.25) is 9.52 Å². The number of benzene rings is 3. The molecule has 1 N–H and O–H groups in total. The summed E-state index contributed by atoms with van der Waals surface area (Å²) in [7, 11) is 1.65. The number of sulfonamides is 1. The van der Waals surface area contributed by atoms with Gasteiger partial charge in [-0.15, -0.1) is 0 Å². The number of amides is 1. The quantitative estimate of drug-likeness (QED) is 0.578. The van der Waals surface area contributed by atoms with Crippen molar-refractivity contribution in [1.82, 2.24) is 4.90 Å². The number of carbonyl (C=O) groups is 1. The van der Waals surface area contributed by atoms with Crippen LogP contribution < -0.4 is 9.62 Å². The molecule has 168 valence electrons. The largest absolute Gasteiger partial charge is 0.378 e. The fourth-order valence-electron chi connectivity index (χ4n) is 3.18. The van der Waals surface area contributed by atoms with Crippen molar-refractivity contribution in [3.8, 4) is 0 Å². The summed E-state index contributed by atoms with van der Waals surface area (Å²) in [6.45, 7) is 2.15. The van der Waals surface area contributed by atoms with Gasteiger partial charge in [0.2, 0.25) is 0 Å². The minimum absolute atomic E-state index is 0.0421. The van der Waals surface area contributed by atoms with Crippen molar-refractivity contribution in [2.75, 3.05) is 30.8 Å². The molecule has 0 saturated carbocycles. The van der Waals surface area contributed by atoms with E-state index in [9.17, 15) is 17.6 Å². The summed E-state index contributed by atoms with van der Waals surface area (Å²) in [5.41, 5.74) is 3.24. The van der Waals surface area contributed by atoms with Gasteiger partial charge in [0.25, 0.3) is 15.9 Å². The van der Waals surface area contributed by atoms with Crippen LogP contribution in [0.3, 0.4) is 0 Å². The molecule has 0 atom stereocenters. The predicted molar refractivity (Wildman–Crippen MR) is 125 cm³/mol. The van der Waals surface area contributed by atoms with E-state index in [4.69, 9.17) is 0 Å². The minimum Gasteiger partial charge on any atom is -0.378 e. The van der Waals surface area contributed by atoms with E-state index in [1.54, 1.807) is 24.9 Å². The van der Waals surface area contributed by atoms with Gasteiger partial charge in [0.15, 0.2) is 0 Å². The number of aryl methyl sites for hydroxylation is 1. The molecule has 0 radical (unpaired) electrons. The van der Waals surface area contributed by atoms with Gasteiger partial charge in [-0.1, -0.05) is 18.2 Å². The zero-order valence-corrected chi connectivity index (χ0v) is 19.3. The van der Waals surface area contributed by atoms with Crippen LogP contribution in [0.15, 0.2) is 71.6 Å². The summed E-state index contributed by atoms with van der Waals surface area (Å²) in [5, 5.41) is 0. The van der Waals surface area contributed by atoms with Gasteiger partial charge >= 0.3 is 0 Å². The van der Waals surface area contributed by atoms with E-state index in [0.717, 1.165) is 11.3 Å². The first-order chi connectivity index (χ1) is 15.1. The van der Waals surface area contributed by atoms with Crippen molar-refractivity contribution in [1.29, 1.82) is 0 Å². The summed E-state index contributed by atoms with van der Waals surface area (Å²) in [6, 6.07) is 17.3. The predicted octanol–water partition coefficient (Wildman–Crippen LogP) is 4.27. The molecule has 3 aromatic carbocycles. The van der Waals surface area contributed by atoms with E-state index >= 15 is 0 Å². The topological polar surface area (TPSA) is 69.7 Å². The Balaban J connectivity index is 1.80. The molecule has 0 heterocycles. The Morgan fingerprint density at radius 3 is 2.16 bits per heavy atom. The van der Waals surface area contributed by atoms with Crippen molar-refractivity contribution in [2.24, 2.45) is 0 Å². The lowest BCUT2D eigenvalue weighted by Gasteiger charge is -2.20. The van der Waals surface area contributed by atoms with E-state index in [1.807, 2.05) is 43.3 Å². The lowest BCUT2D eigenvalue weighted by molar-refractivity contribution is 0.0784. The molecule has 32 heavy (non-hydrogen) atoms. The second kappa shape index (κ2) is 9.40. The molecule has 0 spiro atoms. The number of anilines is 2. The summed E-state index contributed by atoms with van der Waals surface area (Å²) in [5.74, 6) is -0.742. The average Bonchev–Trinajstić information content (AvgIpc) is 2.75. The van der Waals surface area contributed by atoms with Crippen molar-refractivity contribution < 1.29 is 17.6 Å². The van der Waals surface area contributed by atoms with E-state index in [2.05, 4.69) is 4.72 Å². The van der Waals surface area contributed by atoms with Gasteiger partial charge in [0.1, 0.15) is 5.82 Å². The molecule has 0 bridgehead atoms. The summed E-state index contributed by atoms with van der Waals surface area (Å²) in [4.78, 5) is 16.6. The van der Waals surface area contributed by atoms with Crippen molar-refractivity contribution in [3.63, 3.8) is 0 Å². The van der Waals surface area contributed by atoms with Crippen LogP contribution in [0.4, 0.5) is 15.8 Å². The molecule has 3 rings (SSSR count). The summed E-state index contributed by atoms with van der Waals surface area (Å²) < 4.78 is 41.1. The Kier molecular flexibility index (Phi) is 6.84. The van der Waals surface area contributed by atoms with E-state index < -0.39 is 15.8 Å². The molecular formula is C24H26FN3O3S. The molecule has 6 nitrogen and oxygen atoms in total. The number of hydrogen-bond donors (Lipinski definition) is 1. The SMILES string of the molecule is Cc1ccc(S(=O)(=O)Nc2ccc(F)cc2)cc1C(=O)N(C)Cc1ccc(N(C)C)cc1. The van der Waals surface area contributed by atoms with Crippen LogP contribution in [-0.2, 0) is 16.6 Å². The van der Waals surface area contributed by atoms with Crippen LogP contribution in [-0.4, -0.2) is 40.4 Å². The van der Waals surface area contributed by atoms with E-state index in [1.165, 1.54) is 36.4 Å². The van der Waals surface area contributed by atoms with Crippen LogP contribution in [0.5, 0.6) is 0 Å². The zero-order chi connectivity index (χ0) is 23.5. The van der Waals surface area contributed by atoms with Crippen LogP contribution in [0.1, 0.15) is 21.5 Å². The van der Waals surface area contributed by atoms with Gasteiger partial charge in [0, 0.05) is 44.6 Å². The highest BCUT2D eigenvalue weighted by molar-refractivity contribution is 7.92.